The summed E-state index contributed by atoms with van der Waals surface area (Å²) in [6.45, 7) is 7.75. The van der Waals surface area contributed by atoms with Gasteiger partial charge < -0.3 is 15.0 Å². The number of aromatic nitrogens is 2. The van der Waals surface area contributed by atoms with Gasteiger partial charge in [0.05, 0.1) is 25.0 Å². The molecule has 2 rings (SSSR count). The summed E-state index contributed by atoms with van der Waals surface area (Å²) in [5, 5.41) is 3.43. The Morgan fingerprint density at radius 2 is 2.10 bits per heavy atom. The van der Waals surface area contributed by atoms with Crippen molar-refractivity contribution in [2.45, 2.75) is 39.8 Å². The van der Waals surface area contributed by atoms with E-state index in [0.29, 0.717) is 12.6 Å². The lowest BCUT2D eigenvalue weighted by Gasteiger charge is -2.09. The number of H-pyrrole nitrogens is 1. The Labute approximate surface area is 120 Å². The minimum absolute atomic E-state index is 0.499. The van der Waals surface area contributed by atoms with Gasteiger partial charge in [0.25, 0.3) is 0 Å². The lowest BCUT2D eigenvalue weighted by atomic mass is 10.1. The molecule has 2 N–H and O–H groups in total. The van der Waals surface area contributed by atoms with Crippen LogP contribution in [-0.2, 0) is 6.54 Å². The summed E-state index contributed by atoms with van der Waals surface area (Å²) in [7, 11) is 0. The van der Waals surface area contributed by atoms with Crippen molar-refractivity contribution in [2.24, 2.45) is 0 Å². The van der Waals surface area contributed by atoms with Gasteiger partial charge in [0.2, 0.25) is 0 Å². The third-order valence-corrected chi connectivity index (χ3v) is 3.34. The number of ether oxygens (including phenoxy) is 1. The normalized spacial score (nSPS) is 12.3. The zero-order valence-electron chi connectivity index (χ0n) is 12.4. The smallest absolute Gasteiger partial charge is 0.128 e. The average Bonchev–Trinajstić information content (AvgIpc) is 2.94. The van der Waals surface area contributed by atoms with Gasteiger partial charge >= 0.3 is 0 Å². The summed E-state index contributed by atoms with van der Waals surface area (Å²) < 4.78 is 5.65. The zero-order chi connectivity index (χ0) is 14.4. The molecule has 0 saturated carbocycles. The lowest BCUT2D eigenvalue weighted by molar-refractivity contribution is 0.341. The lowest BCUT2D eigenvalue weighted by Crippen LogP contribution is -2.24. The molecule has 0 aliphatic carbocycles. The summed E-state index contributed by atoms with van der Waals surface area (Å²) in [6.07, 6.45) is 2.98. The Bertz CT molecular complexity index is 536. The van der Waals surface area contributed by atoms with Gasteiger partial charge in [-0.3, -0.25) is 0 Å². The molecule has 4 nitrogen and oxygen atoms in total. The number of nitrogens with one attached hydrogen (secondary N) is 2. The minimum atomic E-state index is 0.499. The molecule has 0 bridgehead atoms. The van der Waals surface area contributed by atoms with Crippen molar-refractivity contribution in [3.05, 3.63) is 36.3 Å². The van der Waals surface area contributed by atoms with E-state index < -0.39 is 0 Å². The highest BCUT2D eigenvalue weighted by atomic mass is 16.5. The molecule has 20 heavy (non-hydrogen) atoms. The maximum atomic E-state index is 5.65. The Morgan fingerprint density at radius 3 is 2.85 bits per heavy atom. The number of hydrogen-bond donors (Lipinski definition) is 2. The number of nitrogens with zero attached hydrogens (tertiary/aromatic N) is 1. The van der Waals surface area contributed by atoms with Crippen LogP contribution in [-0.4, -0.2) is 22.6 Å². The monoisotopic (exact) mass is 273 g/mol. The maximum absolute atomic E-state index is 5.65. The highest BCUT2D eigenvalue weighted by molar-refractivity contribution is 5.66. The molecule has 0 fully saturated rings. The van der Waals surface area contributed by atoms with Crippen molar-refractivity contribution >= 4 is 0 Å². The van der Waals surface area contributed by atoms with Crippen LogP contribution in [0.15, 0.2) is 30.5 Å². The van der Waals surface area contributed by atoms with E-state index in [9.17, 15) is 0 Å². The fraction of sp³-hybridized carbons (Fsp3) is 0.438. The number of rotatable bonds is 7. The van der Waals surface area contributed by atoms with Crippen molar-refractivity contribution < 1.29 is 4.74 Å². The van der Waals surface area contributed by atoms with Gasteiger partial charge in [0, 0.05) is 11.6 Å². The highest BCUT2D eigenvalue weighted by Crippen LogP contribution is 2.28. The van der Waals surface area contributed by atoms with Gasteiger partial charge in [-0.25, -0.2) is 4.98 Å². The van der Waals surface area contributed by atoms with Gasteiger partial charge in [0.15, 0.2) is 0 Å². The number of imidazole rings is 1. The zero-order valence-corrected chi connectivity index (χ0v) is 12.4. The molecule has 0 spiro atoms. The molecule has 108 valence electrons. The number of benzene rings is 1. The quantitative estimate of drug-likeness (QED) is 0.813. The molecular formula is C16H23N3O. The van der Waals surface area contributed by atoms with E-state index in [1.807, 2.05) is 37.4 Å². The van der Waals surface area contributed by atoms with Crippen molar-refractivity contribution in [1.82, 2.24) is 15.3 Å². The second-order valence-electron chi connectivity index (χ2n) is 4.86. The largest absolute Gasteiger partial charge is 0.493 e. The molecular weight excluding hydrogens is 250 g/mol. The fourth-order valence-corrected chi connectivity index (χ4v) is 1.97. The van der Waals surface area contributed by atoms with Crippen LogP contribution in [0.4, 0.5) is 0 Å². The second-order valence-corrected chi connectivity index (χ2v) is 4.86. The van der Waals surface area contributed by atoms with Gasteiger partial charge in [-0.1, -0.05) is 19.1 Å². The van der Waals surface area contributed by atoms with Crippen LogP contribution >= 0.6 is 0 Å². The molecule has 0 saturated heterocycles. The molecule has 1 unspecified atom stereocenters. The summed E-state index contributed by atoms with van der Waals surface area (Å²) in [5.41, 5.74) is 2.05. The minimum Gasteiger partial charge on any atom is -0.493 e. The van der Waals surface area contributed by atoms with Gasteiger partial charge in [-0.15, -0.1) is 0 Å². The van der Waals surface area contributed by atoms with Gasteiger partial charge in [-0.05, 0) is 32.4 Å². The molecule has 2 aromatic rings. The third-order valence-electron chi connectivity index (χ3n) is 3.34. The van der Waals surface area contributed by atoms with Crippen LogP contribution < -0.4 is 10.1 Å². The standard InChI is InChI=1S/C16H23N3O/c1-4-12(3)17-11-16-18-10-14(19-16)13-8-6-7-9-15(13)20-5-2/h6-10,12,17H,4-5,11H2,1-3H3,(H,18,19). The third kappa shape index (κ3) is 3.61. The molecule has 0 aliphatic heterocycles. The van der Waals surface area contributed by atoms with Crippen LogP contribution in [0.5, 0.6) is 5.75 Å². The van der Waals surface area contributed by atoms with E-state index in [-0.39, 0.29) is 0 Å². The van der Waals surface area contributed by atoms with Crippen molar-refractivity contribution in [3.63, 3.8) is 0 Å². The van der Waals surface area contributed by atoms with Crippen molar-refractivity contribution in [2.75, 3.05) is 6.61 Å². The summed E-state index contributed by atoms with van der Waals surface area (Å²) in [5.74, 6) is 1.84. The summed E-state index contributed by atoms with van der Waals surface area (Å²) >= 11 is 0. The molecule has 1 atom stereocenters. The first kappa shape index (κ1) is 14.6. The van der Waals surface area contributed by atoms with E-state index in [4.69, 9.17) is 4.74 Å². The number of aromatic amines is 1. The molecule has 1 heterocycles. The van der Waals surface area contributed by atoms with E-state index in [2.05, 4.69) is 29.1 Å². The molecule has 1 aromatic heterocycles. The Morgan fingerprint density at radius 1 is 1.30 bits per heavy atom. The highest BCUT2D eigenvalue weighted by Gasteiger charge is 2.09. The van der Waals surface area contributed by atoms with Crippen LogP contribution in [0.25, 0.3) is 11.3 Å². The van der Waals surface area contributed by atoms with Crippen molar-refractivity contribution in [1.29, 1.82) is 0 Å². The van der Waals surface area contributed by atoms with E-state index in [1.165, 1.54) is 0 Å². The molecule has 0 radical (unpaired) electrons. The maximum Gasteiger partial charge on any atom is 0.128 e. The van der Waals surface area contributed by atoms with Crippen LogP contribution in [0.3, 0.4) is 0 Å². The van der Waals surface area contributed by atoms with Crippen LogP contribution in [0.2, 0.25) is 0 Å². The van der Waals surface area contributed by atoms with E-state index >= 15 is 0 Å². The average molecular weight is 273 g/mol. The van der Waals surface area contributed by atoms with Gasteiger partial charge in [0.1, 0.15) is 11.6 Å². The molecule has 0 amide bonds. The van der Waals surface area contributed by atoms with E-state index in [1.54, 1.807) is 0 Å². The second kappa shape index (κ2) is 7.10. The van der Waals surface area contributed by atoms with Crippen LogP contribution in [0, 0.1) is 0 Å². The topological polar surface area (TPSA) is 49.9 Å². The summed E-state index contributed by atoms with van der Waals surface area (Å²) in [4.78, 5) is 7.78. The summed E-state index contributed by atoms with van der Waals surface area (Å²) in [6, 6.07) is 8.52. The Kier molecular flexibility index (Phi) is 5.18. The van der Waals surface area contributed by atoms with E-state index in [0.717, 1.165) is 35.8 Å². The van der Waals surface area contributed by atoms with Crippen LogP contribution in [0.1, 0.15) is 33.0 Å². The first-order chi connectivity index (χ1) is 9.74. The Hall–Kier alpha value is -1.81. The molecule has 1 aromatic carbocycles. The predicted molar refractivity (Wildman–Crippen MR) is 81.8 cm³/mol. The SMILES string of the molecule is CCOc1ccccc1-c1cnc(CNC(C)CC)[nH]1. The van der Waals surface area contributed by atoms with Crippen molar-refractivity contribution in [3.8, 4) is 17.0 Å². The molecule has 0 aliphatic rings. The number of hydrogen-bond acceptors (Lipinski definition) is 3. The Balaban J connectivity index is 2.12. The first-order valence-electron chi connectivity index (χ1n) is 7.24. The fourth-order valence-electron chi connectivity index (χ4n) is 1.97. The molecule has 4 heteroatoms. The van der Waals surface area contributed by atoms with Gasteiger partial charge in [-0.2, -0.15) is 0 Å². The predicted octanol–water partition coefficient (Wildman–Crippen LogP) is 3.36. The number of para-hydroxylation sites is 1. The first-order valence-corrected chi connectivity index (χ1v) is 7.24.